The minimum atomic E-state index is -0.809. The van der Waals surface area contributed by atoms with Gasteiger partial charge in [-0.15, -0.1) is 0 Å². The molecule has 0 bridgehead atoms. The molecular weight excluding hydrogens is 448 g/mol. The number of hydrogen-bond donors (Lipinski definition) is 3. The number of nitrogens with one attached hydrogen (secondary N) is 2. The number of aliphatic carboxylic acids is 1. The minimum absolute atomic E-state index is 0.0764. The van der Waals surface area contributed by atoms with Gasteiger partial charge in [0.15, 0.2) is 0 Å². The highest BCUT2D eigenvalue weighted by molar-refractivity contribution is 6.00. The van der Waals surface area contributed by atoms with Crippen molar-refractivity contribution in [2.24, 2.45) is 0 Å². The molecule has 1 saturated carbocycles. The number of hydrogen-bond acceptors (Lipinski definition) is 2. The van der Waals surface area contributed by atoms with E-state index in [2.05, 4.69) is 53.1 Å². The third-order valence-electron chi connectivity index (χ3n) is 7.46. The van der Waals surface area contributed by atoms with E-state index in [9.17, 15) is 14.7 Å². The van der Waals surface area contributed by atoms with Crippen molar-refractivity contribution in [3.8, 4) is 0 Å². The van der Waals surface area contributed by atoms with E-state index in [-0.39, 0.29) is 18.4 Å². The van der Waals surface area contributed by atoms with Crippen molar-refractivity contribution in [2.45, 2.75) is 70.1 Å². The number of carbonyl (C=O) groups excluding carboxylic acids is 1. The summed E-state index contributed by atoms with van der Waals surface area (Å²) in [6, 6.07) is 24.3. The van der Waals surface area contributed by atoms with E-state index in [4.69, 9.17) is 0 Å². The number of carboxylic acid groups (broad SMARTS) is 1. The predicted molar refractivity (Wildman–Crippen MR) is 146 cm³/mol. The molecule has 0 aromatic heterocycles. The van der Waals surface area contributed by atoms with Crippen molar-refractivity contribution in [3.63, 3.8) is 0 Å². The van der Waals surface area contributed by atoms with Gasteiger partial charge in [-0.2, -0.15) is 0 Å². The van der Waals surface area contributed by atoms with Gasteiger partial charge < -0.3 is 15.7 Å². The Morgan fingerprint density at radius 1 is 0.889 bits per heavy atom. The molecule has 3 aromatic carbocycles. The SMILES string of the molecule is CC[C@H](CC(=O)O)c1ccc(C2CCC(c3ccccc3)CC2)c(NC(=O)Nc2ccc(C)cc2)c1. The standard InChI is InChI=1S/C31H36N2O3/c1-3-22(20-30(34)35)26-15-18-28(25-13-11-24(12-14-25)23-7-5-4-6-8-23)29(19-26)33-31(36)32-27-16-9-21(2)10-17-27/h4-10,15-19,22,24-25H,3,11-14,20H2,1-2H3,(H,34,35)(H2,32,33,36)/t22-,24?,25?/m1/s1. The molecule has 36 heavy (non-hydrogen) atoms. The number of amides is 2. The number of rotatable bonds is 8. The molecule has 0 saturated heterocycles. The first-order valence-corrected chi connectivity index (χ1v) is 13.0. The molecule has 4 rings (SSSR count). The van der Waals surface area contributed by atoms with E-state index in [1.165, 1.54) is 5.56 Å². The van der Waals surface area contributed by atoms with Crippen LogP contribution < -0.4 is 10.6 Å². The Bertz CT molecular complexity index is 1170. The molecule has 5 nitrogen and oxygen atoms in total. The highest BCUT2D eigenvalue weighted by atomic mass is 16.4. The highest BCUT2D eigenvalue weighted by Crippen LogP contribution is 2.43. The Morgan fingerprint density at radius 3 is 2.19 bits per heavy atom. The first-order valence-electron chi connectivity index (χ1n) is 13.0. The minimum Gasteiger partial charge on any atom is -0.481 e. The van der Waals surface area contributed by atoms with Gasteiger partial charge in [-0.25, -0.2) is 4.79 Å². The fourth-order valence-corrected chi connectivity index (χ4v) is 5.39. The number of benzene rings is 3. The van der Waals surface area contributed by atoms with Gasteiger partial charge in [0.2, 0.25) is 0 Å². The number of aryl methyl sites for hydroxylation is 1. The lowest BCUT2D eigenvalue weighted by atomic mass is 9.75. The highest BCUT2D eigenvalue weighted by Gasteiger charge is 2.26. The lowest BCUT2D eigenvalue weighted by Crippen LogP contribution is -2.22. The monoisotopic (exact) mass is 484 g/mol. The molecule has 0 unspecified atom stereocenters. The quantitative estimate of drug-likeness (QED) is 0.303. The summed E-state index contributed by atoms with van der Waals surface area (Å²) in [7, 11) is 0. The number of carbonyl (C=O) groups is 2. The van der Waals surface area contributed by atoms with Crippen molar-refractivity contribution in [3.05, 3.63) is 95.1 Å². The normalized spacial score (nSPS) is 18.3. The molecule has 1 aliphatic rings. The van der Waals surface area contributed by atoms with Crippen LogP contribution in [0.3, 0.4) is 0 Å². The molecule has 0 heterocycles. The van der Waals surface area contributed by atoms with Crippen molar-refractivity contribution in [1.82, 2.24) is 0 Å². The van der Waals surface area contributed by atoms with E-state index in [1.807, 2.05) is 44.2 Å². The molecule has 1 fully saturated rings. The average Bonchev–Trinajstić information content (AvgIpc) is 2.89. The Labute approximate surface area is 214 Å². The summed E-state index contributed by atoms with van der Waals surface area (Å²) < 4.78 is 0. The molecule has 3 N–H and O–H groups in total. The van der Waals surface area contributed by atoms with Crippen LogP contribution in [0.2, 0.25) is 0 Å². The van der Waals surface area contributed by atoms with Gasteiger partial charge in [-0.3, -0.25) is 4.79 Å². The molecule has 0 aliphatic heterocycles. The van der Waals surface area contributed by atoms with Crippen LogP contribution in [0, 0.1) is 6.92 Å². The second kappa shape index (κ2) is 11.9. The van der Waals surface area contributed by atoms with Gasteiger partial charge in [0, 0.05) is 11.4 Å². The van der Waals surface area contributed by atoms with Crippen LogP contribution in [0.4, 0.5) is 16.2 Å². The number of anilines is 2. The fraction of sp³-hybridized carbons (Fsp3) is 0.355. The van der Waals surface area contributed by atoms with Gasteiger partial charge in [0.25, 0.3) is 0 Å². The van der Waals surface area contributed by atoms with Crippen LogP contribution >= 0.6 is 0 Å². The zero-order chi connectivity index (χ0) is 25.5. The summed E-state index contributed by atoms with van der Waals surface area (Å²) in [6.45, 7) is 4.01. The van der Waals surface area contributed by atoms with Crippen LogP contribution in [-0.4, -0.2) is 17.1 Å². The number of carboxylic acids is 1. The third kappa shape index (κ3) is 6.54. The van der Waals surface area contributed by atoms with Crippen LogP contribution in [0.15, 0.2) is 72.8 Å². The molecule has 3 aromatic rings. The maximum Gasteiger partial charge on any atom is 0.323 e. The molecule has 1 aliphatic carbocycles. The van der Waals surface area contributed by atoms with Crippen LogP contribution in [0.5, 0.6) is 0 Å². The fourth-order valence-electron chi connectivity index (χ4n) is 5.39. The largest absolute Gasteiger partial charge is 0.481 e. The molecule has 0 radical (unpaired) electrons. The molecule has 188 valence electrons. The molecule has 1 atom stereocenters. The van der Waals surface area contributed by atoms with Crippen molar-refractivity contribution >= 4 is 23.4 Å². The molecule has 0 spiro atoms. The van der Waals surface area contributed by atoms with Gasteiger partial charge >= 0.3 is 12.0 Å². The maximum atomic E-state index is 13.0. The van der Waals surface area contributed by atoms with Crippen molar-refractivity contribution in [1.29, 1.82) is 0 Å². The summed E-state index contributed by atoms with van der Waals surface area (Å²) in [4.78, 5) is 24.4. The van der Waals surface area contributed by atoms with E-state index in [0.717, 1.165) is 60.2 Å². The Hall–Kier alpha value is -3.60. The van der Waals surface area contributed by atoms with E-state index in [0.29, 0.717) is 11.8 Å². The Kier molecular flexibility index (Phi) is 8.42. The Balaban J connectivity index is 1.55. The molecule has 2 amide bonds. The second-order valence-electron chi connectivity index (χ2n) is 9.95. The van der Waals surface area contributed by atoms with Gasteiger partial charge in [0.05, 0.1) is 6.42 Å². The van der Waals surface area contributed by atoms with Crippen LogP contribution in [0.25, 0.3) is 0 Å². The summed E-state index contributed by atoms with van der Waals surface area (Å²) in [5, 5.41) is 15.4. The smallest absolute Gasteiger partial charge is 0.323 e. The van der Waals surface area contributed by atoms with Gasteiger partial charge in [-0.1, -0.05) is 67.1 Å². The van der Waals surface area contributed by atoms with Crippen molar-refractivity contribution in [2.75, 3.05) is 10.6 Å². The van der Waals surface area contributed by atoms with Crippen LogP contribution in [0.1, 0.15) is 85.5 Å². The lowest BCUT2D eigenvalue weighted by molar-refractivity contribution is -0.137. The van der Waals surface area contributed by atoms with E-state index >= 15 is 0 Å². The zero-order valence-electron chi connectivity index (χ0n) is 21.2. The first kappa shape index (κ1) is 25.5. The molecular formula is C31H36N2O3. The van der Waals surface area contributed by atoms with Crippen LogP contribution in [-0.2, 0) is 4.79 Å². The summed E-state index contributed by atoms with van der Waals surface area (Å²) in [5.74, 6) is 0.0269. The summed E-state index contributed by atoms with van der Waals surface area (Å²) >= 11 is 0. The third-order valence-corrected chi connectivity index (χ3v) is 7.46. The van der Waals surface area contributed by atoms with Gasteiger partial charge in [-0.05, 0) is 91.7 Å². The maximum absolute atomic E-state index is 13.0. The second-order valence-corrected chi connectivity index (χ2v) is 9.95. The van der Waals surface area contributed by atoms with E-state index < -0.39 is 5.97 Å². The number of urea groups is 1. The first-order chi connectivity index (χ1) is 17.4. The Morgan fingerprint density at radius 2 is 1.56 bits per heavy atom. The lowest BCUT2D eigenvalue weighted by Gasteiger charge is -2.31. The molecule has 5 heteroatoms. The predicted octanol–water partition coefficient (Wildman–Crippen LogP) is 8.05. The summed E-state index contributed by atoms with van der Waals surface area (Å²) in [5.41, 5.74) is 6.13. The van der Waals surface area contributed by atoms with E-state index in [1.54, 1.807) is 0 Å². The zero-order valence-corrected chi connectivity index (χ0v) is 21.2. The topological polar surface area (TPSA) is 78.4 Å². The average molecular weight is 485 g/mol. The summed E-state index contributed by atoms with van der Waals surface area (Å²) in [6.07, 6.45) is 5.14. The van der Waals surface area contributed by atoms with Gasteiger partial charge in [0.1, 0.15) is 0 Å². The van der Waals surface area contributed by atoms with Crippen molar-refractivity contribution < 1.29 is 14.7 Å².